The van der Waals surface area contributed by atoms with Crippen LogP contribution in [0.5, 0.6) is 0 Å². The molecule has 1 aromatic heterocycles. The van der Waals surface area contributed by atoms with Gasteiger partial charge in [-0.1, -0.05) is 11.6 Å². The van der Waals surface area contributed by atoms with E-state index in [1.54, 1.807) is 25.1 Å². The number of hydrogen-bond donors (Lipinski definition) is 2. The zero-order valence-corrected chi connectivity index (χ0v) is 11.1. The molecule has 0 atom stereocenters. The molecule has 0 saturated heterocycles. The number of nitrogens with zero attached hydrogens (tertiary/aromatic N) is 3. The van der Waals surface area contributed by atoms with E-state index in [4.69, 9.17) is 22.0 Å². The molecule has 20 heavy (non-hydrogen) atoms. The van der Waals surface area contributed by atoms with Crippen molar-refractivity contribution in [2.75, 3.05) is 5.32 Å². The molecular weight excluding hydrogens is 280 g/mol. The topological polar surface area (TPSA) is 98.9 Å². The van der Waals surface area contributed by atoms with E-state index in [0.717, 1.165) is 0 Å². The fraction of sp³-hybridized carbons (Fsp3) is 0.0769. The molecule has 6 nitrogen and oxygen atoms in total. The van der Waals surface area contributed by atoms with Crippen molar-refractivity contribution < 1.29 is 9.90 Å². The zero-order valence-electron chi connectivity index (χ0n) is 10.4. The number of aromatic nitrogens is 2. The zero-order chi connectivity index (χ0) is 14.7. The van der Waals surface area contributed by atoms with E-state index in [-0.39, 0.29) is 11.5 Å². The van der Waals surface area contributed by atoms with Gasteiger partial charge in [0.05, 0.1) is 22.5 Å². The highest BCUT2D eigenvalue weighted by atomic mass is 35.5. The van der Waals surface area contributed by atoms with E-state index in [1.807, 2.05) is 6.07 Å². The van der Waals surface area contributed by atoms with Gasteiger partial charge in [0.15, 0.2) is 0 Å². The average molecular weight is 289 g/mol. The standard InChI is InChI=1S/C13H9ClN4O2/c1-7-10(12(19)20)6-16-13(17-7)18-11-4-9(14)3-2-8(11)5-15/h2-4,6H,1H3,(H,19,20)(H,16,17,18). The Balaban J connectivity index is 2.36. The van der Waals surface area contributed by atoms with Crippen LogP contribution < -0.4 is 5.32 Å². The number of nitrogens with one attached hydrogen (secondary N) is 1. The van der Waals surface area contributed by atoms with Crippen LogP contribution in [0, 0.1) is 18.3 Å². The largest absolute Gasteiger partial charge is 0.478 e. The first kappa shape index (κ1) is 13.8. The van der Waals surface area contributed by atoms with Crippen molar-refractivity contribution in [2.45, 2.75) is 6.92 Å². The summed E-state index contributed by atoms with van der Waals surface area (Å²) in [5.74, 6) is -0.888. The third kappa shape index (κ3) is 2.84. The minimum absolute atomic E-state index is 0.0298. The van der Waals surface area contributed by atoms with E-state index in [0.29, 0.717) is 22.0 Å². The lowest BCUT2D eigenvalue weighted by molar-refractivity contribution is 0.0695. The second-order valence-corrected chi connectivity index (χ2v) is 4.36. The molecule has 7 heteroatoms. The molecule has 2 aromatic rings. The van der Waals surface area contributed by atoms with E-state index in [1.165, 1.54) is 6.20 Å². The van der Waals surface area contributed by atoms with Gasteiger partial charge in [0.1, 0.15) is 6.07 Å². The SMILES string of the molecule is Cc1nc(Nc2cc(Cl)ccc2C#N)ncc1C(=O)O. The maximum atomic E-state index is 10.9. The molecule has 2 rings (SSSR count). The van der Waals surface area contributed by atoms with Crippen LogP contribution in [0.3, 0.4) is 0 Å². The minimum atomic E-state index is -1.09. The van der Waals surface area contributed by atoms with Crippen molar-refractivity contribution in [1.82, 2.24) is 9.97 Å². The molecule has 0 aliphatic heterocycles. The van der Waals surface area contributed by atoms with Crippen molar-refractivity contribution in [3.63, 3.8) is 0 Å². The number of aryl methyl sites for hydroxylation is 1. The van der Waals surface area contributed by atoms with Crippen LogP contribution in [0.2, 0.25) is 5.02 Å². The summed E-state index contributed by atoms with van der Waals surface area (Å²) in [6.45, 7) is 1.57. The van der Waals surface area contributed by atoms with Gasteiger partial charge in [-0.25, -0.2) is 14.8 Å². The number of carboxylic acid groups (broad SMARTS) is 1. The monoisotopic (exact) mass is 288 g/mol. The van der Waals surface area contributed by atoms with Gasteiger partial charge in [0, 0.05) is 11.2 Å². The lowest BCUT2D eigenvalue weighted by Gasteiger charge is -2.08. The summed E-state index contributed by atoms with van der Waals surface area (Å²) in [4.78, 5) is 18.8. The quantitative estimate of drug-likeness (QED) is 0.901. The fourth-order valence-corrected chi connectivity index (χ4v) is 1.75. The van der Waals surface area contributed by atoms with Crippen molar-refractivity contribution in [1.29, 1.82) is 5.26 Å². The van der Waals surface area contributed by atoms with Gasteiger partial charge in [-0.3, -0.25) is 0 Å². The Morgan fingerprint density at radius 2 is 2.25 bits per heavy atom. The number of anilines is 2. The third-order valence-electron chi connectivity index (χ3n) is 2.56. The number of hydrogen-bond acceptors (Lipinski definition) is 5. The van der Waals surface area contributed by atoms with Gasteiger partial charge < -0.3 is 10.4 Å². The molecule has 0 spiro atoms. The first-order chi connectivity index (χ1) is 9.51. The Kier molecular flexibility index (Phi) is 3.82. The van der Waals surface area contributed by atoms with Crippen LogP contribution in [0.15, 0.2) is 24.4 Å². The molecule has 0 aliphatic rings. The summed E-state index contributed by atoms with van der Waals surface area (Å²) in [5.41, 5.74) is 1.21. The molecule has 0 aliphatic carbocycles. The van der Waals surface area contributed by atoms with Crippen molar-refractivity contribution in [3.05, 3.63) is 46.2 Å². The number of halogens is 1. The number of nitriles is 1. The highest BCUT2D eigenvalue weighted by Crippen LogP contribution is 2.23. The summed E-state index contributed by atoms with van der Waals surface area (Å²) in [6.07, 6.45) is 1.21. The van der Waals surface area contributed by atoms with Gasteiger partial charge in [0.25, 0.3) is 0 Å². The molecule has 0 fully saturated rings. The van der Waals surface area contributed by atoms with Crippen molar-refractivity contribution >= 4 is 29.2 Å². The molecular formula is C13H9ClN4O2. The summed E-state index contributed by atoms with van der Waals surface area (Å²) >= 11 is 5.87. The number of benzene rings is 1. The van der Waals surface area contributed by atoms with E-state index >= 15 is 0 Å². The maximum Gasteiger partial charge on any atom is 0.339 e. The van der Waals surface area contributed by atoms with Crippen molar-refractivity contribution in [3.8, 4) is 6.07 Å². The molecule has 0 bridgehead atoms. The molecule has 0 radical (unpaired) electrons. The van der Waals surface area contributed by atoms with Gasteiger partial charge >= 0.3 is 5.97 Å². The van der Waals surface area contributed by atoms with Crippen LogP contribution in [-0.4, -0.2) is 21.0 Å². The van der Waals surface area contributed by atoms with E-state index < -0.39 is 5.97 Å². The van der Waals surface area contributed by atoms with Crippen LogP contribution in [0.25, 0.3) is 0 Å². The van der Waals surface area contributed by atoms with Crippen LogP contribution in [0.4, 0.5) is 11.6 Å². The Labute approximate surface area is 119 Å². The molecule has 0 amide bonds. The maximum absolute atomic E-state index is 10.9. The number of carbonyl (C=O) groups is 1. The Morgan fingerprint density at radius 1 is 1.50 bits per heavy atom. The Hall–Kier alpha value is -2.65. The number of rotatable bonds is 3. The van der Waals surface area contributed by atoms with Crippen LogP contribution in [0.1, 0.15) is 21.6 Å². The summed E-state index contributed by atoms with van der Waals surface area (Å²) in [7, 11) is 0. The average Bonchev–Trinajstić information content (AvgIpc) is 2.38. The predicted molar refractivity (Wildman–Crippen MR) is 73.2 cm³/mol. The number of carboxylic acids is 1. The Morgan fingerprint density at radius 3 is 2.85 bits per heavy atom. The lowest BCUT2D eigenvalue weighted by Crippen LogP contribution is -2.06. The molecule has 100 valence electrons. The van der Waals surface area contributed by atoms with Gasteiger partial charge in [-0.15, -0.1) is 0 Å². The lowest BCUT2D eigenvalue weighted by atomic mass is 10.2. The molecule has 1 heterocycles. The first-order valence-corrected chi connectivity index (χ1v) is 5.92. The predicted octanol–water partition coefficient (Wildman–Crippen LogP) is 2.75. The summed E-state index contributed by atoms with van der Waals surface area (Å²) in [6, 6.07) is 6.76. The number of aromatic carboxylic acids is 1. The fourth-order valence-electron chi connectivity index (χ4n) is 1.58. The summed E-state index contributed by atoms with van der Waals surface area (Å²) in [5, 5.41) is 21.2. The highest BCUT2D eigenvalue weighted by molar-refractivity contribution is 6.30. The molecule has 1 aromatic carbocycles. The highest BCUT2D eigenvalue weighted by Gasteiger charge is 2.11. The van der Waals surface area contributed by atoms with E-state index in [2.05, 4.69) is 15.3 Å². The minimum Gasteiger partial charge on any atom is -0.478 e. The summed E-state index contributed by atoms with van der Waals surface area (Å²) < 4.78 is 0. The van der Waals surface area contributed by atoms with Gasteiger partial charge in [-0.2, -0.15) is 5.26 Å². The smallest absolute Gasteiger partial charge is 0.339 e. The first-order valence-electron chi connectivity index (χ1n) is 5.55. The second-order valence-electron chi connectivity index (χ2n) is 3.92. The third-order valence-corrected chi connectivity index (χ3v) is 2.79. The van der Waals surface area contributed by atoms with Gasteiger partial charge in [-0.05, 0) is 25.1 Å². The Bertz CT molecular complexity index is 725. The van der Waals surface area contributed by atoms with Crippen LogP contribution >= 0.6 is 11.6 Å². The molecule has 2 N–H and O–H groups in total. The molecule has 0 unspecified atom stereocenters. The molecule has 0 saturated carbocycles. The second kappa shape index (κ2) is 5.55. The van der Waals surface area contributed by atoms with E-state index in [9.17, 15) is 4.79 Å². The van der Waals surface area contributed by atoms with Crippen LogP contribution in [-0.2, 0) is 0 Å². The van der Waals surface area contributed by atoms with Crippen molar-refractivity contribution in [2.24, 2.45) is 0 Å². The van der Waals surface area contributed by atoms with Gasteiger partial charge in [0.2, 0.25) is 5.95 Å². The normalized spacial score (nSPS) is 9.85.